The van der Waals surface area contributed by atoms with Crippen molar-refractivity contribution in [3.63, 3.8) is 0 Å². The lowest BCUT2D eigenvalue weighted by atomic mass is 10.2. The average Bonchev–Trinajstić information content (AvgIpc) is 2.98. The highest BCUT2D eigenvalue weighted by Crippen LogP contribution is 2.25. The molecule has 3 amide bonds. The highest BCUT2D eigenvalue weighted by molar-refractivity contribution is 6.13. The van der Waals surface area contributed by atoms with E-state index in [4.69, 9.17) is 4.74 Å². The van der Waals surface area contributed by atoms with Crippen LogP contribution in [-0.4, -0.2) is 62.8 Å². The third kappa shape index (κ3) is 3.85. The molecule has 2 saturated heterocycles. The van der Waals surface area contributed by atoms with Gasteiger partial charge in [-0.3, -0.25) is 9.69 Å². The van der Waals surface area contributed by atoms with Crippen molar-refractivity contribution in [1.82, 2.24) is 4.90 Å². The quantitative estimate of drug-likeness (QED) is 0.761. The molecule has 4 rings (SSSR count). The van der Waals surface area contributed by atoms with Crippen molar-refractivity contribution in [3.05, 3.63) is 54.1 Å². The Kier molecular flexibility index (Phi) is 5.63. The predicted molar refractivity (Wildman–Crippen MR) is 116 cm³/mol. The first-order valence-electron chi connectivity index (χ1n) is 10.4. The molecule has 1 atom stereocenters. The van der Waals surface area contributed by atoms with Crippen LogP contribution in [0.15, 0.2) is 48.5 Å². The molecule has 2 aromatic rings. The molecule has 0 aromatic heterocycles. The van der Waals surface area contributed by atoms with E-state index >= 15 is 0 Å². The van der Waals surface area contributed by atoms with Crippen LogP contribution < -0.4 is 19.4 Å². The number of hydrogen-bond acceptors (Lipinski definition) is 4. The molecule has 158 valence electrons. The third-order valence-electron chi connectivity index (χ3n) is 6.05. The van der Waals surface area contributed by atoms with E-state index in [1.807, 2.05) is 43.3 Å². The smallest absolute Gasteiger partial charge is 0.336 e. The maximum absolute atomic E-state index is 13.0. The molecule has 0 unspecified atom stereocenters. The average molecular weight is 410 g/mol. The van der Waals surface area contributed by atoms with E-state index in [0.717, 1.165) is 43.2 Å². The molecule has 2 aromatic carbocycles. The van der Waals surface area contributed by atoms with Gasteiger partial charge in [0.2, 0.25) is 0 Å². The lowest BCUT2D eigenvalue weighted by Crippen LogP contribution is -3.16. The van der Waals surface area contributed by atoms with E-state index < -0.39 is 6.04 Å². The number of urea groups is 1. The van der Waals surface area contributed by atoms with Crippen molar-refractivity contribution in [1.29, 1.82) is 0 Å². The second-order valence-electron chi connectivity index (χ2n) is 8.02. The minimum atomic E-state index is -0.472. The first-order valence-corrected chi connectivity index (χ1v) is 10.4. The number of benzene rings is 2. The highest BCUT2D eigenvalue weighted by Gasteiger charge is 2.45. The first-order chi connectivity index (χ1) is 14.5. The maximum Gasteiger partial charge on any atom is 0.336 e. The van der Waals surface area contributed by atoms with Gasteiger partial charge in [0.25, 0.3) is 5.91 Å². The van der Waals surface area contributed by atoms with Gasteiger partial charge in [-0.25, -0.2) is 9.69 Å². The Labute approximate surface area is 177 Å². The normalized spacial score (nSPS) is 20.2. The molecule has 0 spiro atoms. The molecule has 7 nitrogen and oxygen atoms in total. The molecule has 2 fully saturated rings. The first kappa shape index (κ1) is 20.2. The number of carbonyl (C=O) groups is 2. The van der Waals surface area contributed by atoms with Crippen molar-refractivity contribution in [2.45, 2.75) is 19.9 Å². The molecular weight excluding hydrogens is 380 g/mol. The van der Waals surface area contributed by atoms with Gasteiger partial charge in [-0.15, -0.1) is 0 Å². The highest BCUT2D eigenvalue weighted by atomic mass is 16.5. The van der Waals surface area contributed by atoms with Crippen LogP contribution in [0.4, 0.5) is 16.2 Å². The number of quaternary nitrogens is 1. The standard InChI is InChI=1S/C23H28N4O3/c1-17-4-6-20(7-5-17)27-18(2)22(28)26(23(27)29)16-24-12-14-25(15-13-24)19-8-10-21(30-3)11-9-19/h4-11,18H,12-16H2,1-3H3/p+1/t18-/m0/s1. The Morgan fingerprint density at radius 3 is 2.17 bits per heavy atom. The number of rotatable bonds is 5. The van der Waals surface area contributed by atoms with Crippen molar-refractivity contribution in [2.24, 2.45) is 0 Å². The third-order valence-corrected chi connectivity index (χ3v) is 6.05. The number of amides is 3. The number of piperazine rings is 1. The van der Waals surface area contributed by atoms with Crippen LogP contribution in [0.25, 0.3) is 0 Å². The summed E-state index contributed by atoms with van der Waals surface area (Å²) >= 11 is 0. The fraction of sp³-hybridized carbons (Fsp3) is 0.391. The lowest BCUT2D eigenvalue weighted by Gasteiger charge is -2.34. The van der Waals surface area contributed by atoms with Gasteiger partial charge in [0.05, 0.1) is 33.3 Å². The minimum absolute atomic E-state index is 0.120. The molecular formula is C23H29N4O3+. The fourth-order valence-electron chi connectivity index (χ4n) is 4.17. The topological polar surface area (TPSA) is 57.5 Å². The van der Waals surface area contributed by atoms with Crippen molar-refractivity contribution >= 4 is 23.3 Å². The van der Waals surface area contributed by atoms with Crippen LogP contribution in [-0.2, 0) is 4.79 Å². The Morgan fingerprint density at radius 1 is 0.967 bits per heavy atom. The number of carbonyl (C=O) groups excluding carboxylic acids is 2. The summed E-state index contributed by atoms with van der Waals surface area (Å²) in [4.78, 5) is 32.4. The monoisotopic (exact) mass is 409 g/mol. The van der Waals surface area contributed by atoms with Crippen LogP contribution in [0.1, 0.15) is 12.5 Å². The van der Waals surface area contributed by atoms with E-state index in [-0.39, 0.29) is 11.9 Å². The zero-order valence-corrected chi connectivity index (χ0v) is 17.8. The summed E-state index contributed by atoms with van der Waals surface area (Å²) in [6.45, 7) is 7.75. The Morgan fingerprint density at radius 2 is 1.57 bits per heavy atom. The van der Waals surface area contributed by atoms with Crippen molar-refractivity contribution in [3.8, 4) is 5.75 Å². The van der Waals surface area contributed by atoms with Crippen molar-refractivity contribution in [2.75, 3.05) is 49.8 Å². The van der Waals surface area contributed by atoms with E-state index in [2.05, 4.69) is 17.0 Å². The van der Waals surface area contributed by atoms with Gasteiger partial charge in [-0.1, -0.05) is 17.7 Å². The molecule has 0 aliphatic carbocycles. The SMILES string of the molecule is COc1ccc(N2CC[NH+](CN3C(=O)[C@H](C)N(c4ccc(C)cc4)C3=O)CC2)cc1. The summed E-state index contributed by atoms with van der Waals surface area (Å²) < 4.78 is 5.23. The molecule has 0 bridgehead atoms. The zero-order valence-electron chi connectivity index (χ0n) is 17.8. The number of anilines is 2. The minimum Gasteiger partial charge on any atom is -0.497 e. The van der Waals surface area contributed by atoms with E-state index in [1.54, 1.807) is 18.9 Å². The van der Waals surface area contributed by atoms with Crippen LogP contribution >= 0.6 is 0 Å². The number of aryl methyl sites for hydroxylation is 1. The van der Waals surface area contributed by atoms with Gasteiger partial charge in [-0.05, 0) is 50.2 Å². The van der Waals surface area contributed by atoms with Gasteiger partial charge in [0, 0.05) is 11.4 Å². The van der Waals surface area contributed by atoms with Gasteiger partial charge in [-0.2, -0.15) is 0 Å². The molecule has 0 saturated carbocycles. The number of nitrogens with zero attached hydrogens (tertiary/aromatic N) is 3. The van der Waals surface area contributed by atoms with Crippen LogP contribution in [0.3, 0.4) is 0 Å². The predicted octanol–water partition coefficient (Wildman–Crippen LogP) is 1.52. The summed E-state index contributed by atoms with van der Waals surface area (Å²) in [6, 6.07) is 15.1. The van der Waals surface area contributed by atoms with Gasteiger partial charge < -0.3 is 14.5 Å². The Hall–Kier alpha value is -3.06. The maximum atomic E-state index is 13.0. The van der Waals surface area contributed by atoms with Gasteiger partial charge >= 0.3 is 6.03 Å². The number of methoxy groups -OCH3 is 1. The Bertz CT molecular complexity index is 905. The molecule has 0 radical (unpaired) electrons. The second kappa shape index (κ2) is 8.36. The van der Waals surface area contributed by atoms with Gasteiger partial charge in [0.15, 0.2) is 6.67 Å². The van der Waals surface area contributed by atoms with Gasteiger partial charge in [0.1, 0.15) is 11.8 Å². The Balaban J connectivity index is 1.38. The largest absolute Gasteiger partial charge is 0.497 e. The number of ether oxygens (including phenoxy) is 1. The number of hydrogen-bond donors (Lipinski definition) is 1. The summed E-state index contributed by atoms with van der Waals surface area (Å²) in [7, 11) is 1.67. The molecule has 30 heavy (non-hydrogen) atoms. The van der Waals surface area contributed by atoms with Crippen LogP contribution in [0.2, 0.25) is 0 Å². The molecule has 1 N–H and O–H groups in total. The van der Waals surface area contributed by atoms with Crippen LogP contribution in [0.5, 0.6) is 5.75 Å². The van der Waals surface area contributed by atoms with E-state index in [1.165, 1.54) is 15.5 Å². The van der Waals surface area contributed by atoms with E-state index in [9.17, 15) is 9.59 Å². The molecule has 2 aliphatic rings. The summed E-state index contributed by atoms with van der Waals surface area (Å²) in [5, 5.41) is 0. The number of imide groups is 1. The summed E-state index contributed by atoms with van der Waals surface area (Å²) in [5.74, 6) is 0.729. The molecule has 2 aliphatic heterocycles. The fourth-order valence-corrected chi connectivity index (χ4v) is 4.17. The van der Waals surface area contributed by atoms with Crippen LogP contribution in [0, 0.1) is 6.92 Å². The zero-order chi connectivity index (χ0) is 21.3. The van der Waals surface area contributed by atoms with Crippen molar-refractivity contribution < 1.29 is 19.2 Å². The summed E-state index contributed by atoms with van der Waals surface area (Å²) in [6.07, 6.45) is 0. The number of nitrogens with one attached hydrogen (secondary N) is 1. The second-order valence-corrected chi connectivity index (χ2v) is 8.02. The summed E-state index contributed by atoms with van der Waals surface area (Å²) in [5.41, 5.74) is 3.07. The van der Waals surface area contributed by atoms with E-state index in [0.29, 0.717) is 6.67 Å². The lowest BCUT2D eigenvalue weighted by molar-refractivity contribution is -0.907. The molecule has 2 heterocycles. The molecule has 7 heteroatoms.